The Morgan fingerprint density at radius 3 is 2.91 bits per heavy atom. The molecule has 0 amide bonds. The molecular weight excluding hydrogens is 144 g/mol. The number of hydrogen-bond donors (Lipinski definition) is 2. The third kappa shape index (κ3) is 2.41. The molecule has 11 heavy (non-hydrogen) atoms. The first-order valence-electron chi connectivity index (χ1n) is 4.04. The summed E-state index contributed by atoms with van der Waals surface area (Å²) in [6.45, 7) is 4.12. The highest BCUT2D eigenvalue weighted by Crippen LogP contribution is 2.07. The minimum absolute atomic E-state index is 0.124. The Bertz CT molecular complexity index is 101. The van der Waals surface area contributed by atoms with Crippen molar-refractivity contribution in [1.29, 1.82) is 0 Å². The summed E-state index contributed by atoms with van der Waals surface area (Å²) in [5.74, 6) is 5.33. The van der Waals surface area contributed by atoms with Gasteiger partial charge in [0.05, 0.1) is 25.9 Å². The van der Waals surface area contributed by atoms with Crippen LogP contribution < -0.4 is 11.3 Å². The average Bonchev–Trinajstić information content (AvgIpc) is 2.09. The van der Waals surface area contributed by atoms with Gasteiger partial charge in [-0.1, -0.05) is 6.92 Å². The van der Waals surface area contributed by atoms with Gasteiger partial charge in [0, 0.05) is 6.04 Å². The smallest absolute Gasteiger partial charge is 0.0975 e. The van der Waals surface area contributed by atoms with Crippen molar-refractivity contribution in [3.8, 4) is 0 Å². The lowest BCUT2D eigenvalue weighted by Gasteiger charge is -2.29. The summed E-state index contributed by atoms with van der Waals surface area (Å²) in [5, 5.41) is 0. The van der Waals surface area contributed by atoms with E-state index in [0.717, 1.165) is 6.42 Å². The lowest BCUT2D eigenvalue weighted by molar-refractivity contribution is -0.102. The van der Waals surface area contributed by atoms with Gasteiger partial charge in [-0.25, -0.2) is 0 Å². The maximum Gasteiger partial charge on any atom is 0.0975 e. The molecule has 66 valence electrons. The van der Waals surface area contributed by atoms with Crippen LogP contribution in [0.25, 0.3) is 0 Å². The van der Waals surface area contributed by atoms with Crippen LogP contribution in [0.15, 0.2) is 0 Å². The van der Waals surface area contributed by atoms with E-state index in [9.17, 15) is 0 Å². The molecule has 0 bridgehead atoms. The molecule has 1 heterocycles. The number of hydrogen-bond acceptors (Lipinski definition) is 4. The summed E-state index contributed by atoms with van der Waals surface area (Å²) in [5.41, 5.74) is 2.72. The monoisotopic (exact) mass is 160 g/mol. The van der Waals surface area contributed by atoms with E-state index < -0.39 is 0 Å². The minimum atomic E-state index is 0.124. The zero-order valence-electron chi connectivity index (χ0n) is 6.88. The fourth-order valence-corrected chi connectivity index (χ4v) is 1.23. The van der Waals surface area contributed by atoms with Crippen molar-refractivity contribution in [2.75, 3.05) is 19.8 Å². The number of nitrogens with two attached hydrogens (primary N) is 1. The second-order valence-corrected chi connectivity index (χ2v) is 2.67. The Kier molecular flexibility index (Phi) is 3.79. The molecule has 0 saturated carbocycles. The number of nitrogens with one attached hydrogen (secondary N) is 1. The lowest BCUT2D eigenvalue weighted by Crippen LogP contribution is -2.48. The van der Waals surface area contributed by atoms with E-state index in [4.69, 9.17) is 15.3 Å². The third-order valence-electron chi connectivity index (χ3n) is 1.94. The van der Waals surface area contributed by atoms with Crippen LogP contribution in [0.1, 0.15) is 13.3 Å². The molecule has 1 aliphatic heterocycles. The molecule has 1 rings (SSSR count). The van der Waals surface area contributed by atoms with Crippen molar-refractivity contribution in [3.63, 3.8) is 0 Å². The summed E-state index contributed by atoms with van der Waals surface area (Å²) in [7, 11) is 0. The fraction of sp³-hybridized carbons (Fsp3) is 1.00. The van der Waals surface area contributed by atoms with Crippen molar-refractivity contribution >= 4 is 0 Å². The minimum Gasteiger partial charge on any atom is -0.376 e. The Balaban J connectivity index is 2.30. The predicted octanol–water partition coefficient (Wildman–Crippen LogP) is -0.356. The molecule has 3 N–H and O–H groups in total. The zero-order valence-corrected chi connectivity index (χ0v) is 6.88. The van der Waals surface area contributed by atoms with E-state index in [1.165, 1.54) is 0 Å². The largest absolute Gasteiger partial charge is 0.376 e. The van der Waals surface area contributed by atoms with E-state index in [1.807, 2.05) is 0 Å². The van der Waals surface area contributed by atoms with Crippen LogP contribution in [-0.4, -0.2) is 32.0 Å². The second kappa shape index (κ2) is 4.66. The molecule has 2 atom stereocenters. The maximum absolute atomic E-state index is 5.45. The van der Waals surface area contributed by atoms with Crippen molar-refractivity contribution < 1.29 is 9.47 Å². The van der Waals surface area contributed by atoms with Crippen molar-refractivity contribution in [2.24, 2.45) is 5.84 Å². The first-order chi connectivity index (χ1) is 5.38. The molecule has 4 heteroatoms. The Labute approximate surface area is 67.0 Å². The normalized spacial score (nSPS) is 28.4. The molecule has 4 nitrogen and oxygen atoms in total. The average molecular weight is 160 g/mol. The molecule has 1 saturated heterocycles. The third-order valence-corrected chi connectivity index (χ3v) is 1.94. The predicted molar refractivity (Wildman–Crippen MR) is 42.0 cm³/mol. The summed E-state index contributed by atoms with van der Waals surface area (Å²) in [6, 6.07) is 0.218. The lowest BCUT2D eigenvalue weighted by atomic mass is 10.1. The molecule has 1 fully saturated rings. The summed E-state index contributed by atoms with van der Waals surface area (Å²) in [6.07, 6.45) is 1.09. The molecule has 0 aliphatic carbocycles. The van der Waals surface area contributed by atoms with Crippen LogP contribution in [0.4, 0.5) is 0 Å². The van der Waals surface area contributed by atoms with E-state index in [0.29, 0.717) is 19.8 Å². The fourth-order valence-electron chi connectivity index (χ4n) is 1.23. The van der Waals surface area contributed by atoms with Crippen LogP contribution in [0.3, 0.4) is 0 Å². The van der Waals surface area contributed by atoms with Crippen LogP contribution in [0.2, 0.25) is 0 Å². The molecule has 0 aromatic carbocycles. The Morgan fingerprint density at radius 1 is 1.64 bits per heavy atom. The van der Waals surface area contributed by atoms with Crippen molar-refractivity contribution in [1.82, 2.24) is 5.43 Å². The van der Waals surface area contributed by atoms with Gasteiger partial charge in [-0.2, -0.15) is 0 Å². The van der Waals surface area contributed by atoms with Crippen LogP contribution >= 0.6 is 0 Å². The summed E-state index contributed by atoms with van der Waals surface area (Å²) >= 11 is 0. The van der Waals surface area contributed by atoms with Crippen molar-refractivity contribution in [3.05, 3.63) is 0 Å². The van der Waals surface area contributed by atoms with Gasteiger partial charge in [-0.15, -0.1) is 0 Å². The van der Waals surface area contributed by atoms with E-state index in [-0.39, 0.29) is 12.1 Å². The highest BCUT2D eigenvalue weighted by atomic mass is 16.6. The van der Waals surface area contributed by atoms with E-state index in [2.05, 4.69) is 12.3 Å². The Hall–Kier alpha value is -0.160. The van der Waals surface area contributed by atoms with Gasteiger partial charge in [-0.05, 0) is 6.42 Å². The number of ether oxygens (including phenoxy) is 2. The van der Waals surface area contributed by atoms with Gasteiger partial charge >= 0.3 is 0 Å². The van der Waals surface area contributed by atoms with Gasteiger partial charge in [0.2, 0.25) is 0 Å². The molecule has 1 aliphatic rings. The molecule has 2 unspecified atom stereocenters. The topological polar surface area (TPSA) is 56.5 Å². The highest BCUT2D eigenvalue weighted by molar-refractivity contribution is 4.74. The van der Waals surface area contributed by atoms with Gasteiger partial charge in [0.25, 0.3) is 0 Å². The first kappa shape index (κ1) is 8.93. The van der Waals surface area contributed by atoms with E-state index >= 15 is 0 Å². The quantitative estimate of drug-likeness (QED) is 0.437. The van der Waals surface area contributed by atoms with Crippen molar-refractivity contribution in [2.45, 2.75) is 25.5 Å². The van der Waals surface area contributed by atoms with E-state index in [1.54, 1.807) is 0 Å². The van der Waals surface area contributed by atoms with Crippen LogP contribution in [0, 0.1) is 0 Å². The van der Waals surface area contributed by atoms with Gasteiger partial charge in [-0.3, -0.25) is 11.3 Å². The maximum atomic E-state index is 5.45. The van der Waals surface area contributed by atoms with Gasteiger partial charge in [0.15, 0.2) is 0 Å². The number of rotatable bonds is 3. The van der Waals surface area contributed by atoms with Gasteiger partial charge < -0.3 is 9.47 Å². The second-order valence-electron chi connectivity index (χ2n) is 2.67. The highest BCUT2D eigenvalue weighted by Gasteiger charge is 2.22. The SMILES string of the molecule is CCC(NN)C1COCCO1. The summed E-state index contributed by atoms with van der Waals surface area (Å²) < 4.78 is 10.7. The summed E-state index contributed by atoms with van der Waals surface area (Å²) in [4.78, 5) is 0. The standard InChI is InChI=1S/C7H16N2O2/c1-2-6(9-8)7-5-10-3-4-11-7/h6-7,9H,2-5,8H2,1H3. The molecule has 0 aromatic heterocycles. The molecule has 0 aromatic rings. The molecule has 0 spiro atoms. The first-order valence-corrected chi connectivity index (χ1v) is 4.04. The number of hydrazine groups is 1. The van der Waals surface area contributed by atoms with Crippen LogP contribution in [0.5, 0.6) is 0 Å². The Morgan fingerprint density at radius 2 is 2.45 bits per heavy atom. The molecule has 0 radical (unpaired) electrons. The zero-order chi connectivity index (χ0) is 8.10. The molecular formula is C7H16N2O2. The van der Waals surface area contributed by atoms with Crippen LogP contribution in [-0.2, 0) is 9.47 Å². The van der Waals surface area contributed by atoms with Gasteiger partial charge in [0.1, 0.15) is 0 Å².